The first-order valence-electron chi connectivity index (χ1n) is 8.27. The summed E-state index contributed by atoms with van der Waals surface area (Å²) in [4.78, 5) is 18.5. The minimum absolute atomic E-state index is 0.0191. The minimum Gasteiger partial charge on any atom is -0.373 e. The predicted octanol–water partition coefficient (Wildman–Crippen LogP) is 4.97. The van der Waals surface area contributed by atoms with Gasteiger partial charge in [0.25, 0.3) is 0 Å². The number of ketones is 1. The molecule has 1 aromatic carbocycles. The molecule has 1 N–H and O–H groups in total. The molecule has 3 nitrogen and oxygen atoms in total. The van der Waals surface area contributed by atoms with Crippen LogP contribution in [0, 0.1) is 0 Å². The average molecular weight is 332 g/mol. The molecule has 0 radical (unpaired) electrons. The Labute approximate surface area is 144 Å². The SMILES string of the molecule is O=C1CCCC2=C1[C@H](c1cccs1)Nc1ccc3ncccc3c12. The summed E-state index contributed by atoms with van der Waals surface area (Å²) < 4.78 is 0. The zero-order chi connectivity index (χ0) is 16.1. The van der Waals surface area contributed by atoms with Gasteiger partial charge in [-0.15, -0.1) is 11.3 Å². The van der Waals surface area contributed by atoms with Gasteiger partial charge in [-0.25, -0.2) is 0 Å². The highest BCUT2D eigenvalue weighted by Crippen LogP contribution is 2.48. The highest BCUT2D eigenvalue weighted by atomic mass is 32.1. The lowest BCUT2D eigenvalue weighted by molar-refractivity contribution is -0.116. The monoisotopic (exact) mass is 332 g/mol. The largest absolute Gasteiger partial charge is 0.373 e. The molecule has 0 saturated carbocycles. The summed E-state index contributed by atoms with van der Waals surface area (Å²) in [6.45, 7) is 0. The molecule has 0 unspecified atom stereocenters. The summed E-state index contributed by atoms with van der Waals surface area (Å²) in [5.41, 5.74) is 5.46. The molecule has 5 rings (SSSR count). The van der Waals surface area contributed by atoms with Crippen LogP contribution in [0.4, 0.5) is 5.69 Å². The van der Waals surface area contributed by atoms with Gasteiger partial charge in [0.05, 0.1) is 11.6 Å². The van der Waals surface area contributed by atoms with E-state index in [1.807, 2.05) is 12.3 Å². The van der Waals surface area contributed by atoms with E-state index in [0.717, 1.165) is 35.0 Å². The molecule has 3 aromatic rings. The summed E-state index contributed by atoms with van der Waals surface area (Å²) in [6.07, 6.45) is 4.37. The number of rotatable bonds is 1. The number of anilines is 1. The summed E-state index contributed by atoms with van der Waals surface area (Å²) in [5.74, 6) is 0.286. The average Bonchev–Trinajstić information content (AvgIpc) is 3.15. The van der Waals surface area contributed by atoms with Gasteiger partial charge in [-0.2, -0.15) is 0 Å². The molecule has 118 valence electrons. The van der Waals surface area contributed by atoms with Crippen molar-refractivity contribution in [2.45, 2.75) is 25.3 Å². The van der Waals surface area contributed by atoms with E-state index in [0.29, 0.717) is 6.42 Å². The van der Waals surface area contributed by atoms with E-state index in [1.54, 1.807) is 11.3 Å². The second-order valence-electron chi connectivity index (χ2n) is 6.32. The maximum absolute atomic E-state index is 12.8. The smallest absolute Gasteiger partial charge is 0.161 e. The van der Waals surface area contributed by atoms with Crippen molar-refractivity contribution in [3.63, 3.8) is 0 Å². The summed E-state index contributed by atoms with van der Waals surface area (Å²) in [7, 11) is 0. The third kappa shape index (κ3) is 1.96. The van der Waals surface area contributed by atoms with Gasteiger partial charge in [-0.05, 0) is 48.1 Å². The summed E-state index contributed by atoms with van der Waals surface area (Å²) in [5, 5.41) is 6.83. The number of nitrogens with one attached hydrogen (secondary N) is 1. The van der Waals surface area contributed by atoms with E-state index in [9.17, 15) is 4.79 Å². The normalized spacial score (nSPS) is 19.8. The topological polar surface area (TPSA) is 42.0 Å². The first-order valence-corrected chi connectivity index (χ1v) is 9.15. The van der Waals surface area contributed by atoms with Crippen molar-refractivity contribution >= 4 is 39.3 Å². The van der Waals surface area contributed by atoms with Crippen molar-refractivity contribution in [3.05, 3.63) is 64.0 Å². The molecular weight excluding hydrogens is 316 g/mol. The number of Topliss-reactive ketones (excluding diaryl/α,β-unsaturated/α-hetero) is 1. The first-order chi connectivity index (χ1) is 11.8. The Balaban J connectivity index is 1.82. The minimum atomic E-state index is -0.0191. The molecule has 0 fully saturated rings. The predicted molar refractivity (Wildman–Crippen MR) is 98.2 cm³/mol. The fourth-order valence-electron chi connectivity index (χ4n) is 3.95. The fourth-order valence-corrected chi connectivity index (χ4v) is 4.74. The Morgan fingerprint density at radius 3 is 2.96 bits per heavy atom. The molecule has 0 bridgehead atoms. The number of nitrogens with zero attached hydrogens (tertiary/aromatic N) is 1. The second-order valence-corrected chi connectivity index (χ2v) is 7.30. The van der Waals surface area contributed by atoms with E-state index < -0.39 is 0 Å². The highest BCUT2D eigenvalue weighted by Gasteiger charge is 2.35. The maximum atomic E-state index is 12.8. The van der Waals surface area contributed by atoms with Crippen LogP contribution in [0.25, 0.3) is 16.5 Å². The number of aromatic nitrogens is 1. The molecule has 1 atom stereocenters. The number of benzene rings is 1. The third-order valence-corrected chi connectivity index (χ3v) is 5.90. The molecule has 1 aliphatic carbocycles. The number of thiophene rings is 1. The molecule has 3 heterocycles. The van der Waals surface area contributed by atoms with Crippen molar-refractivity contribution in [2.24, 2.45) is 0 Å². The van der Waals surface area contributed by atoms with Crippen LogP contribution in [-0.4, -0.2) is 10.8 Å². The molecule has 1 aliphatic heterocycles. The quantitative estimate of drug-likeness (QED) is 0.684. The van der Waals surface area contributed by atoms with Gasteiger partial charge in [-0.3, -0.25) is 9.78 Å². The molecular formula is C20H16N2OS. The molecule has 4 heteroatoms. The standard InChI is InChI=1S/C20H16N2OS/c23-16-6-1-4-13-18-12-5-2-10-21-14(12)8-9-15(18)22-20(19(13)16)17-7-3-11-24-17/h2-3,5,7-11,20,22H,1,4,6H2/t20-/m0/s1. The van der Waals surface area contributed by atoms with Crippen LogP contribution in [0.3, 0.4) is 0 Å². The second kappa shape index (κ2) is 5.28. The highest BCUT2D eigenvalue weighted by molar-refractivity contribution is 7.10. The number of hydrogen-bond acceptors (Lipinski definition) is 4. The lowest BCUT2D eigenvalue weighted by atomic mass is 9.78. The zero-order valence-electron chi connectivity index (χ0n) is 13.1. The molecule has 24 heavy (non-hydrogen) atoms. The Hall–Kier alpha value is -2.46. The van der Waals surface area contributed by atoms with Crippen LogP contribution >= 0.6 is 11.3 Å². The Morgan fingerprint density at radius 1 is 1.12 bits per heavy atom. The number of fused-ring (bicyclic) bond motifs is 4. The number of allylic oxidation sites excluding steroid dienone is 1. The number of carbonyl (C=O) groups is 1. The van der Waals surface area contributed by atoms with Crippen LogP contribution in [-0.2, 0) is 4.79 Å². The maximum Gasteiger partial charge on any atom is 0.161 e. The van der Waals surface area contributed by atoms with E-state index >= 15 is 0 Å². The molecule has 2 aliphatic rings. The Morgan fingerprint density at radius 2 is 2.08 bits per heavy atom. The first kappa shape index (κ1) is 13.9. The van der Waals surface area contributed by atoms with Gasteiger partial charge in [0.2, 0.25) is 0 Å². The van der Waals surface area contributed by atoms with E-state index in [1.165, 1.54) is 16.0 Å². The number of hydrogen-bond donors (Lipinski definition) is 1. The third-order valence-electron chi connectivity index (χ3n) is 4.96. The Bertz CT molecular complexity index is 988. The van der Waals surface area contributed by atoms with Crippen LogP contribution in [0.15, 0.2) is 53.5 Å². The van der Waals surface area contributed by atoms with Gasteiger partial charge in [0.1, 0.15) is 0 Å². The molecule has 2 aromatic heterocycles. The molecule has 0 spiro atoms. The van der Waals surface area contributed by atoms with Crippen LogP contribution in [0.1, 0.15) is 35.7 Å². The van der Waals surface area contributed by atoms with E-state index in [4.69, 9.17) is 0 Å². The van der Waals surface area contributed by atoms with Crippen LogP contribution < -0.4 is 5.32 Å². The van der Waals surface area contributed by atoms with Gasteiger partial charge in [-0.1, -0.05) is 12.1 Å². The van der Waals surface area contributed by atoms with Crippen LogP contribution in [0.5, 0.6) is 0 Å². The van der Waals surface area contributed by atoms with Crippen molar-refractivity contribution in [3.8, 4) is 0 Å². The van der Waals surface area contributed by atoms with Crippen molar-refractivity contribution < 1.29 is 4.79 Å². The van der Waals surface area contributed by atoms with E-state index in [-0.39, 0.29) is 11.8 Å². The summed E-state index contributed by atoms with van der Waals surface area (Å²) in [6, 6.07) is 12.4. The van der Waals surface area contributed by atoms with Crippen molar-refractivity contribution in [1.29, 1.82) is 0 Å². The van der Waals surface area contributed by atoms with Gasteiger partial charge in [0.15, 0.2) is 5.78 Å². The number of pyridine rings is 1. The zero-order valence-corrected chi connectivity index (χ0v) is 13.9. The lowest BCUT2D eigenvalue weighted by Crippen LogP contribution is -2.26. The lowest BCUT2D eigenvalue weighted by Gasteiger charge is -2.34. The van der Waals surface area contributed by atoms with Gasteiger partial charge in [0, 0.05) is 39.7 Å². The van der Waals surface area contributed by atoms with Crippen molar-refractivity contribution in [1.82, 2.24) is 4.98 Å². The fraction of sp³-hybridized carbons (Fsp3) is 0.200. The van der Waals surface area contributed by atoms with Gasteiger partial charge < -0.3 is 5.32 Å². The van der Waals surface area contributed by atoms with Gasteiger partial charge >= 0.3 is 0 Å². The van der Waals surface area contributed by atoms with E-state index in [2.05, 4.69) is 46.0 Å². The molecule has 0 saturated heterocycles. The Kier molecular flexibility index (Phi) is 3.06. The van der Waals surface area contributed by atoms with Crippen LogP contribution in [0.2, 0.25) is 0 Å². The molecule has 0 amide bonds. The van der Waals surface area contributed by atoms with Crippen molar-refractivity contribution in [2.75, 3.05) is 5.32 Å². The number of carbonyl (C=O) groups excluding carboxylic acids is 1. The summed E-state index contributed by atoms with van der Waals surface area (Å²) >= 11 is 1.70.